The highest BCUT2D eigenvalue weighted by Gasteiger charge is 2.23. The summed E-state index contributed by atoms with van der Waals surface area (Å²) in [6.07, 6.45) is 2.07. The Bertz CT molecular complexity index is 616. The monoisotopic (exact) mass is 304 g/mol. The molecule has 0 radical (unpaired) electrons. The number of amides is 1. The molecule has 0 aromatic heterocycles. The first-order valence-corrected chi connectivity index (χ1v) is 7.24. The van der Waals surface area contributed by atoms with Crippen LogP contribution in [0.15, 0.2) is 42.5 Å². The lowest BCUT2D eigenvalue weighted by Gasteiger charge is -2.32. The Balaban J connectivity index is 0.00000161. The maximum atomic E-state index is 12.7. The van der Waals surface area contributed by atoms with Gasteiger partial charge in [-0.25, -0.2) is 0 Å². The first-order chi connectivity index (χ1) is 9.79. The molecule has 1 aliphatic rings. The van der Waals surface area contributed by atoms with Gasteiger partial charge in [0, 0.05) is 24.7 Å². The van der Waals surface area contributed by atoms with Crippen LogP contribution in [-0.2, 0) is 0 Å². The van der Waals surface area contributed by atoms with Gasteiger partial charge in [-0.05, 0) is 36.7 Å². The summed E-state index contributed by atoms with van der Waals surface area (Å²) in [5.74, 6) is 0.163. The average molecular weight is 305 g/mol. The molecule has 0 saturated carbocycles. The van der Waals surface area contributed by atoms with Crippen molar-refractivity contribution in [2.45, 2.75) is 18.9 Å². The van der Waals surface area contributed by atoms with E-state index in [1.165, 1.54) is 0 Å². The largest absolute Gasteiger partial charge is 0.339 e. The molecular formula is C17H21ClN2O. The van der Waals surface area contributed by atoms with E-state index in [0.717, 1.165) is 42.3 Å². The molecule has 2 aromatic rings. The lowest BCUT2D eigenvalue weighted by atomic mass is 10.0. The zero-order valence-electron chi connectivity index (χ0n) is 12.2. The zero-order chi connectivity index (χ0) is 13.9. The number of nitrogens with zero attached hydrogens (tertiary/aromatic N) is 1. The number of carbonyl (C=O) groups excluding carboxylic acids is 1. The smallest absolute Gasteiger partial charge is 0.254 e. The fraction of sp³-hybridized carbons (Fsp3) is 0.353. The van der Waals surface area contributed by atoms with Gasteiger partial charge in [0.1, 0.15) is 0 Å². The van der Waals surface area contributed by atoms with Gasteiger partial charge >= 0.3 is 0 Å². The molecule has 0 spiro atoms. The van der Waals surface area contributed by atoms with E-state index in [0.29, 0.717) is 6.04 Å². The van der Waals surface area contributed by atoms with Crippen molar-refractivity contribution < 1.29 is 4.79 Å². The van der Waals surface area contributed by atoms with Gasteiger partial charge in [-0.1, -0.05) is 36.4 Å². The predicted molar refractivity (Wildman–Crippen MR) is 89.2 cm³/mol. The second-order valence-corrected chi connectivity index (χ2v) is 5.38. The summed E-state index contributed by atoms with van der Waals surface area (Å²) in [4.78, 5) is 14.7. The maximum absolute atomic E-state index is 12.7. The molecule has 3 nitrogen and oxygen atoms in total. The number of likely N-dealkylation sites (tertiary alicyclic amines) is 1. The standard InChI is InChI=1S/C17H20N2O.ClH/c1-18-14-9-11-19(12-10-14)17(20)16-8-4-6-13-5-2-3-7-15(13)16;/h2-8,14,18H,9-12H2,1H3;1H. The molecule has 1 saturated heterocycles. The topological polar surface area (TPSA) is 32.3 Å². The number of rotatable bonds is 2. The van der Waals surface area contributed by atoms with E-state index in [9.17, 15) is 4.79 Å². The minimum atomic E-state index is 0. The Morgan fingerprint density at radius 1 is 1.10 bits per heavy atom. The van der Waals surface area contributed by atoms with Crippen LogP contribution in [-0.4, -0.2) is 37.0 Å². The van der Waals surface area contributed by atoms with Crippen LogP contribution in [0.5, 0.6) is 0 Å². The lowest BCUT2D eigenvalue weighted by Crippen LogP contribution is -2.44. The van der Waals surface area contributed by atoms with Crippen LogP contribution in [0.1, 0.15) is 23.2 Å². The molecule has 21 heavy (non-hydrogen) atoms. The van der Waals surface area contributed by atoms with Crippen molar-refractivity contribution in [2.75, 3.05) is 20.1 Å². The Morgan fingerprint density at radius 3 is 2.48 bits per heavy atom. The van der Waals surface area contributed by atoms with Gasteiger partial charge in [0.05, 0.1) is 0 Å². The van der Waals surface area contributed by atoms with Gasteiger partial charge < -0.3 is 10.2 Å². The van der Waals surface area contributed by atoms with Crippen molar-refractivity contribution in [3.8, 4) is 0 Å². The van der Waals surface area contributed by atoms with Crippen molar-refractivity contribution in [2.24, 2.45) is 0 Å². The Kier molecular flexibility index (Phi) is 5.21. The van der Waals surface area contributed by atoms with Gasteiger partial charge in [0.15, 0.2) is 0 Å². The molecule has 1 N–H and O–H groups in total. The Hall–Kier alpha value is -1.58. The summed E-state index contributed by atoms with van der Waals surface area (Å²) in [5.41, 5.74) is 0.825. The number of piperidine rings is 1. The van der Waals surface area contributed by atoms with Crippen LogP contribution in [0.4, 0.5) is 0 Å². The quantitative estimate of drug-likeness (QED) is 0.925. The summed E-state index contributed by atoms with van der Waals surface area (Å²) in [7, 11) is 1.99. The fourth-order valence-electron chi connectivity index (χ4n) is 2.95. The fourth-order valence-corrected chi connectivity index (χ4v) is 2.95. The van der Waals surface area contributed by atoms with E-state index in [2.05, 4.69) is 17.4 Å². The molecule has 1 fully saturated rings. The number of carbonyl (C=O) groups is 1. The van der Waals surface area contributed by atoms with Gasteiger partial charge in [-0.15, -0.1) is 12.4 Å². The van der Waals surface area contributed by atoms with E-state index < -0.39 is 0 Å². The van der Waals surface area contributed by atoms with E-state index in [1.54, 1.807) is 0 Å². The molecule has 1 amide bonds. The molecule has 0 aliphatic carbocycles. The second kappa shape index (κ2) is 6.92. The molecule has 4 heteroatoms. The number of halogens is 1. The third-order valence-electron chi connectivity index (χ3n) is 4.21. The summed E-state index contributed by atoms with van der Waals surface area (Å²) >= 11 is 0. The number of hydrogen-bond acceptors (Lipinski definition) is 2. The first-order valence-electron chi connectivity index (χ1n) is 7.24. The lowest BCUT2D eigenvalue weighted by molar-refractivity contribution is 0.0709. The van der Waals surface area contributed by atoms with Gasteiger partial charge in [-0.2, -0.15) is 0 Å². The molecular weight excluding hydrogens is 284 g/mol. The van der Waals surface area contributed by atoms with Gasteiger partial charge in [-0.3, -0.25) is 4.79 Å². The molecule has 2 aromatic carbocycles. The van der Waals surface area contributed by atoms with Crippen molar-refractivity contribution in [1.29, 1.82) is 0 Å². The molecule has 1 heterocycles. The molecule has 0 bridgehead atoms. The summed E-state index contributed by atoms with van der Waals surface area (Å²) in [6, 6.07) is 14.6. The molecule has 0 atom stereocenters. The number of nitrogens with one attached hydrogen (secondary N) is 1. The number of hydrogen-bond donors (Lipinski definition) is 1. The molecule has 0 unspecified atom stereocenters. The minimum Gasteiger partial charge on any atom is -0.339 e. The highest BCUT2D eigenvalue weighted by molar-refractivity contribution is 6.07. The highest BCUT2D eigenvalue weighted by atomic mass is 35.5. The van der Waals surface area contributed by atoms with Crippen LogP contribution >= 0.6 is 12.4 Å². The number of fused-ring (bicyclic) bond motifs is 1. The third-order valence-corrected chi connectivity index (χ3v) is 4.21. The molecule has 3 rings (SSSR count). The van der Waals surface area contributed by atoms with E-state index >= 15 is 0 Å². The van der Waals surface area contributed by atoms with Crippen LogP contribution < -0.4 is 5.32 Å². The van der Waals surface area contributed by atoms with Crippen molar-refractivity contribution >= 4 is 29.1 Å². The maximum Gasteiger partial charge on any atom is 0.254 e. The van der Waals surface area contributed by atoms with E-state index in [1.807, 2.05) is 42.3 Å². The van der Waals surface area contributed by atoms with Gasteiger partial charge in [0.2, 0.25) is 0 Å². The predicted octanol–water partition coefficient (Wildman–Crippen LogP) is 3.09. The number of benzene rings is 2. The van der Waals surface area contributed by atoms with Crippen LogP contribution in [0.2, 0.25) is 0 Å². The summed E-state index contributed by atoms with van der Waals surface area (Å²) in [5, 5.41) is 5.47. The van der Waals surface area contributed by atoms with Gasteiger partial charge in [0.25, 0.3) is 5.91 Å². The SMILES string of the molecule is CNC1CCN(C(=O)c2cccc3ccccc23)CC1.Cl. The first kappa shape index (κ1) is 15.8. The third kappa shape index (κ3) is 3.20. The highest BCUT2D eigenvalue weighted by Crippen LogP contribution is 2.21. The van der Waals surface area contributed by atoms with Crippen molar-refractivity contribution in [3.63, 3.8) is 0 Å². The van der Waals surface area contributed by atoms with Crippen molar-refractivity contribution in [1.82, 2.24) is 10.2 Å². The van der Waals surface area contributed by atoms with Crippen molar-refractivity contribution in [3.05, 3.63) is 48.0 Å². The summed E-state index contributed by atoms with van der Waals surface area (Å²) < 4.78 is 0. The van der Waals surface area contributed by atoms with E-state index in [-0.39, 0.29) is 18.3 Å². The summed E-state index contributed by atoms with van der Waals surface area (Å²) in [6.45, 7) is 1.68. The zero-order valence-corrected chi connectivity index (χ0v) is 13.0. The average Bonchev–Trinajstić information content (AvgIpc) is 2.54. The second-order valence-electron chi connectivity index (χ2n) is 5.38. The Labute approximate surface area is 131 Å². The molecule has 112 valence electrons. The molecule has 1 aliphatic heterocycles. The normalized spacial score (nSPS) is 15.8. The van der Waals surface area contributed by atoms with E-state index in [4.69, 9.17) is 0 Å². The van der Waals surface area contributed by atoms with Crippen LogP contribution in [0, 0.1) is 0 Å². The van der Waals surface area contributed by atoms with Crippen LogP contribution in [0.3, 0.4) is 0 Å². The van der Waals surface area contributed by atoms with Crippen LogP contribution in [0.25, 0.3) is 10.8 Å². The Morgan fingerprint density at radius 2 is 1.76 bits per heavy atom. The minimum absolute atomic E-state index is 0.